The summed E-state index contributed by atoms with van der Waals surface area (Å²) >= 11 is 0. The van der Waals surface area contributed by atoms with Crippen LogP contribution in [0.25, 0.3) is 0 Å². The Bertz CT molecular complexity index is 1220. The normalized spacial score (nSPS) is 13.7. The molecule has 8 heteroatoms. The maximum absolute atomic E-state index is 12.7. The molecule has 0 spiro atoms. The molecule has 0 aromatic heterocycles. The highest BCUT2D eigenvalue weighted by Gasteiger charge is 2.25. The summed E-state index contributed by atoms with van der Waals surface area (Å²) in [6.45, 7) is 4.37. The Morgan fingerprint density at radius 1 is 0.517 bits per heavy atom. The molecular weight excluding hydrogens is 727 g/mol. The molecule has 330 valence electrons. The second kappa shape index (κ2) is 40.3. The lowest BCUT2D eigenvalue weighted by atomic mass is 10.1. The predicted octanol–water partition coefficient (Wildman–Crippen LogP) is 11.2. The summed E-state index contributed by atoms with van der Waals surface area (Å²) in [7, 11) is 5.38. The molecule has 0 aliphatic heterocycles. The van der Waals surface area contributed by atoms with Crippen molar-refractivity contribution in [1.29, 1.82) is 0 Å². The van der Waals surface area contributed by atoms with Crippen LogP contribution in [0, 0.1) is 0 Å². The molecule has 0 radical (unpaired) electrons. The van der Waals surface area contributed by atoms with Gasteiger partial charge in [-0.1, -0.05) is 144 Å². The molecule has 0 N–H and O–H groups in total. The highest BCUT2D eigenvalue weighted by atomic mass is 16.6. The fourth-order valence-corrected chi connectivity index (χ4v) is 6.07. The summed E-state index contributed by atoms with van der Waals surface area (Å²) in [5.74, 6) is -1.81. The predicted molar refractivity (Wildman–Crippen MR) is 240 cm³/mol. The molecule has 0 heterocycles. The molecule has 0 rings (SSSR count). The number of esters is 2. The van der Waals surface area contributed by atoms with E-state index in [1.165, 1.54) is 38.5 Å². The fraction of sp³-hybridized carbons (Fsp3) is 0.660. The second-order valence-electron chi connectivity index (χ2n) is 15.9. The first kappa shape index (κ1) is 54.5. The van der Waals surface area contributed by atoms with E-state index in [-0.39, 0.29) is 49.1 Å². The number of hydrogen-bond acceptors (Lipinski definition) is 7. The number of hydrogen-bond donors (Lipinski definition) is 0. The number of carboxylic acids is 1. The van der Waals surface area contributed by atoms with E-state index in [9.17, 15) is 19.5 Å². The molecule has 2 unspecified atom stereocenters. The number of likely N-dealkylation sites (N-methyl/N-ethyl adjacent to an activating group) is 1. The van der Waals surface area contributed by atoms with Crippen molar-refractivity contribution in [3.05, 3.63) is 85.1 Å². The zero-order valence-electron chi connectivity index (χ0n) is 37.4. The standard InChI is InChI=1S/C50H83NO7/c1-6-8-10-12-14-16-18-20-21-22-23-24-25-26-27-28-29-31-32-34-36-38-40-48(52)57-45-46(44-56-43-42-47(50(54)55)51(3,4)5)58-49(53)41-39-37-35-33-30-19-17-15-13-11-9-7-2/h8-11,14-17,20-21,23-24,30,33,46-47H,6-7,12-13,18-19,22,25-29,31-32,34-45H2,1-5H3/b10-8+,11-9+,16-14+,17-15+,21-20+,24-23+,33-30+. The Hall–Kier alpha value is -3.49. The summed E-state index contributed by atoms with van der Waals surface area (Å²) in [5.41, 5.74) is 0. The van der Waals surface area contributed by atoms with Gasteiger partial charge in [0.25, 0.3) is 0 Å². The summed E-state index contributed by atoms with van der Waals surface area (Å²) in [6.07, 6.45) is 51.9. The average molecular weight is 810 g/mol. The van der Waals surface area contributed by atoms with Crippen molar-refractivity contribution in [2.24, 2.45) is 0 Å². The zero-order chi connectivity index (χ0) is 42.8. The molecule has 0 amide bonds. The first-order chi connectivity index (χ1) is 28.1. The topological polar surface area (TPSA) is 102 Å². The van der Waals surface area contributed by atoms with Crippen LogP contribution in [0.1, 0.15) is 162 Å². The van der Waals surface area contributed by atoms with Crippen LogP contribution in [-0.4, -0.2) is 75.5 Å². The van der Waals surface area contributed by atoms with Gasteiger partial charge in [0.05, 0.1) is 40.3 Å². The van der Waals surface area contributed by atoms with Crippen molar-refractivity contribution in [3.8, 4) is 0 Å². The molecule has 58 heavy (non-hydrogen) atoms. The number of allylic oxidation sites excluding steroid dienone is 14. The summed E-state index contributed by atoms with van der Waals surface area (Å²) in [4.78, 5) is 36.8. The number of unbranched alkanes of at least 4 members (excludes halogenated alkanes) is 11. The quantitative estimate of drug-likeness (QED) is 0.0264. The minimum absolute atomic E-state index is 0.0187. The van der Waals surface area contributed by atoms with Crippen molar-refractivity contribution < 1.29 is 38.2 Å². The lowest BCUT2D eigenvalue weighted by Gasteiger charge is -2.34. The van der Waals surface area contributed by atoms with Gasteiger partial charge >= 0.3 is 11.9 Å². The van der Waals surface area contributed by atoms with E-state index in [0.717, 1.165) is 83.5 Å². The van der Waals surface area contributed by atoms with Crippen molar-refractivity contribution >= 4 is 17.9 Å². The number of aliphatic carboxylic acids is 1. The van der Waals surface area contributed by atoms with Crippen molar-refractivity contribution in [2.75, 3.05) is 41.0 Å². The van der Waals surface area contributed by atoms with Crippen LogP contribution < -0.4 is 5.11 Å². The van der Waals surface area contributed by atoms with E-state index in [1.54, 1.807) is 21.1 Å². The molecule has 0 saturated carbocycles. The average Bonchev–Trinajstić information content (AvgIpc) is 3.18. The summed E-state index contributed by atoms with van der Waals surface area (Å²) < 4.78 is 17.1. The Morgan fingerprint density at radius 2 is 0.914 bits per heavy atom. The number of ether oxygens (including phenoxy) is 3. The lowest BCUT2D eigenvalue weighted by molar-refractivity contribution is -0.889. The maximum atomic E-state index is 12.7. The van der Waals surface area contributed by atoms with Gasteiger partial charge in [0.15, 0.2) is 6.10 Å². The van der Waals surface area contributed by atoms with Gasteiger partial charge in [-0.15, -0.1) is 0 Å². The van der Waals surface area contributed by atoms with Crippen molar-refractivity contribution in [2.45, 2.75) is 174 Å². The fourth-order valence-electron chi connectivity index (χ4n) is 6.07. The van der Waals surface area contributed by atoms with Gasteiger partial charge in [0.2, 0.25) is 0 Å². The smallest absolute Gasteiger partial charge is 0.306 e. The van der Waals surface area contributed by atoms with Gasteiger partial charge in [0, 0.05) is 19.3 Å². The van der Waals surface area contributed by atoms with E-state index in [0.29, 0.717) is 12.8 Å². The number of rotatable bonds is 39. The van der Waals surface area contributed by atoms with Crippen LogP contribution in [0.5, 0.6) is 0 Å². The minimum atomic E-state index is -1.14. The number of carboxylic acid groups (broad SMARTS) is 1. The molecule has 0 aromatic rings. The monoisotopic (exact) mass is 810 g/mol. The minimum Gasteiger partial charge on any atom is -0.544 e. The van der Waals surface area contributed by atoms with E-state index in [4.69, 9.17) is 14.2 Å². The molecule has 0 saturated heterocycles. The van der Waals surface area contributed by atoms with Crippen LogP contribution in [-0.2, 0) is 28.6 Å². The molecule has 8 nitrogen and oxygen atoms in total. The first-order valence-electron chi connectivity index (χ1n) is 22.6. The molecule has 0 aliphatic carbocycles. The molecule has 0 bridgehead atoms. The van der Waals surface area contributed by atoms with Crippen LogP contribution in [0.2, 0.25) is 0 Å². The zero-order valence-corrected chi connectivity index (χ0v) is 37.4. The largest absolute Gasteiger partial charge is 0.544 e. The highest BCUT2D eigenvalue weighted by Crippen LogP contribution is 2.13. The van der Waals surface area contributed by atoms with Gasteiger partial charge in [0.1, 0.15) is 12.6 Å². The number of carbonyl (C=O) groups is 3. The Labute approximate surface area is 354 Å². The summed E-state index contributed by atoms with van der Waals surface area (Å²) in [5, 5.41) is 11.6. The number of quaternary nitrogens is 1. The van der Waals surface area contributed by atoms with E-state index >= 15 is 0 Å². The van der Waals surface area contributed by atoms with Crippen LogP contribution in [0.15, 0.2) is 85.1 Å². The molecule has 0 aliphatic rings. The van der Waals surface area contributed by atoms with Gasteiger partial charge in [-0.25, -0.2) is 0 Å². The van der Waals surface area contributed by atoms with Crippen molar-refractivity contribution in [3.63, 3.8) is 0 Å². The van der Waals surface area contributed by atoms with Crippen LogP contribution in [0.3, 0.4) is 0 Å². The third kappa shape index (κ3) is 38.1. The second-order valence-corrected chi connectivity index (χ2v) is 15.9. The first-order valence-corrected chi connectivity index (χ1v) is 22.6. The molecular formula is C50H83NO7. The third-order valence-electron chi connectivity index (χ3n) is 9.53. The van der Waals surface area contributed by atoms with E-state index < -0.39 is 18.1 Å². The van der Waals surface area contributed by atoms with E-state index in [2.05, 4.69) is 98.9 Å². The van der Waals surface area contributed by atoms with Gasteiger partial charge in [-0.05, 0) is 83.5 Å². The van der Waals surface area contributed by atoms with Gasteiger partial charge in [-0.2, -0.15) is 0 Å². The SMILES string of the molecule is CC/C=C/C/C=C/C/C=C/C/C=C/CCCCCCCCCCCC(=O)OCC(COCCC(C(=O)[O-])[N+](C)(C)C)OC(=O)CCCC/C=C/C/C=C/C/C=C/CC. The summed E-state index contributed by atoms with van der Waals surface area (Å²) in [6, 6.07) is -0.737. The van der Waals surface area contributed by atoms with Crippen LogP contribution >= 0.6 is 0 Å². The van der Waals surface area contributed by atoms with Gasteiger partial charge in [-0.3, -0.25) is 9.59 Å². The Balaban J connectivity index is 4.31. The van der Waals surface area contributed by atoms with Crippen molar-refractivity contribution in [1.82, 2.24) is 0 Å². The lowest BCUT2D eigenvalue weighted by Crippen LogP contribution is -2.55. The third-order valence-corrected chi connectivity index (χ3v) is 9.53. The van der Waals surface area contributed by atoms with E-state index in [1.807, 2.05) is 0 Å². The molecule has 0 aromatic carbocycles. The maximum Gasteiger partial charge on any atom is 0.306 e. The number of nitrogens with zero attached hydrogens (tertiary/aromatic N) is 1. The highest BCUT2D eigenvalue weighted by molar-refractivity contribution is 5.70. The Morgan fingerprint density at radius 3 is 1.38 bits per heavy atom. The Kier molecular flexibility index (Phi) is 37.9. The van der Waals surface area contributed by atoms with Crippen LogP contribution in [0.4, 0.5) is 0 Å². The van der Waals surface area contributed by atoms with Gasteiger partial charge < -0.3 is 28.6 Å². The molecule has 2 atom stereocenters. The number of carbonyl (C=O) groups excluding carboxylic acids is 3. The molecule has 0 fully saturated rings.